The summed E-state index contributed by atoms with van der Waals surface area (Å²) < 4.78 is 6.87. The van der Waals surface area contributed by atoms with Crippen LogP contribution in [0, 0.1) is 6.92 Å². The fourth-order valence-corrected chi connectivity index (χ4v) is 3.49. The summed E-state index contributed by atoms with van der Waals surface area (Å²) >= 11 is 5.95. The van der Waals surface area contributed by atoms with E-state index in [0.29, 0.717) is 22.5 Å². The van der Waals surface area contributed by atoms with Crippen LogP contribution in [0.15, 0.2) is 42.6 Å². The van der Waals surface area contributed by atoms with Gasteiger partial charge in [-0.25, -0.2) is 14.5 Å². The zero-order valence-electron chi connectivity index (χ0n) is 17.4. The second-order valence-corrected chi connectivity index (χ2v) is 7.91. The van der Waals surface area contributed by atoms with Crippen molar-refractivity contribution < 1.29 is 14.6 Å². The van der Waals surface area contributed by atoms with Gasteiger partial charge in [0, 0.05) is 23.0 Å². The van der Waals surface area contributed by atoms with Crippen molar-refractivity contribution in [3.63, 3.8) is 0 Å². The molecular formula is C21H23ClN6O3. The van der Waals surface area contributed by atoms with Gasteiger partial charge in [0.25, 0.3) is 0 Å². The van der Waals surface area contributed by atoms with E-state index in [0.717, 1.165) is 11.4 Å². The molecule has 9 nitrogen and oxygen atoms in total. The Labute approximate surface area is 184 Å². The Balaban J connectivity index is 1.54. The van der Waals surface area contributed by atoms with E-state index in [4.69, 9.17) is 16.3 Å². The number of carbonyl (C=O) groups excluding carboxylic acids is 1. The average Bonchev–Trinajstić information content (AvgIpc) is 3.35. The molecule has 0 spiro atoms. The molecule has 2 N–H and O–H groups in total. The summed E-state index contributed by atoms with van der Waals surface area (Å²) in [5.74, 6) is 0.731. The smallest absolute Gasteiger partial charge is 0.416 e. The minimum Gasteiger partial charge on any atom is -0.447 e. The molecule has 4 rings (SSSR count). The molecule has 1 amide bonds. The number of ether oxygens (including phenoxy) is 1. The van der Waals surface area contributed by atoms with E-state index in [2.05, 4.69) is 20.4 Å². The number of halogens is 1. The summed E-state index contributed by atoms with van der Waals surface area (Å²) in [6, 6.07) is 10.3. The van der Waals surface area contributed by atoms with E-state index < -0.39 is 18.2 Å². The molecule has 0 saturated carbocycles. The van der Waals surface area contributed by atoms with Crippen molar-refractivity contribution in [1.29, 1.82) is 0 Å². The quantitative estimate of drug-likeness (QED) is 0.601. The highest BCUT2D eigenvalue weighted by Crippen LogP contribution is 2.26. The highest BCUT2D eigenvalue weighted by atomic mass is 35.5. The van der Waals surface area contributed by atoms with E-state index >= 15 is 0 Å². The summed E-state index contributed by atoms with van der Waals surface area (Å²) in [6.07, 6.45) is 0.575. The Morgan fingerprint density at radius 3 is 2.68 bits per heavy atom. The van der Waals surface area contributed by atoms with Gasteiger partial charge in [0.15, 0.2) is 0 Å². The van der Waals surface area contributed by atoms with Gasteiger partial charge in [-0.1, -0.05) is 11.6 Å². The molecular weight excluding hydrogens is 420 g/mol. The van der Waals surface area contributed by atoms with E-state index in [1.807, 2.05) is 50.4 Å². The Morgan fingerprint density at radius 2 is 1.97 bits per heavy atom. The van der Waals surface area contributed by atoms with Crippen molar-refractivity contribution >= 4 is 29.5 Å². The van der Waals surface area contributed by atoms with Gasteiger partial charge >= 0.3 is 6.09 Å². The number of carbonyl (C=O) groups is 1. The van der Waals surface area contributed by atoms with E-state index in [9.17, 15) is 9.90 Å². The number of aryl methyl sites for hydroxylation is 1. The monoisotopic (exact) mass is 442 g/mol. The maximum absolute atomic E-state index is 12.2. The molecule has 3 atom stereocenters. The maximum Gasteiger partial charge on any atom is 0.416 e. The first-order chi connectivity index (χ1) is 14.8. The summed E-state index contributed by atoms with van der Waals surface area (Å²) in [7, 11) is 0. The van der Waals surface area contributed by atoms with Crippen LogP contribution in [0.4, 0.5) is 16.6 Å². The molecule has 162 valence electrons. The van der Waals surface area contributed by atoms with Gasteiger partial charge in [0.05, 0.1) is 23.5 Å². The molecule has 1 aliphatic rings. The lowest BCUT2D eigenvalue weighted by atomic mass is 10.2. The maximum atomic E-state index is 12.2. The zero-order valence-corrected chi connectivity index (χ0v) is 18.1. The van der Waals surface area contributed by atoms with Crippen molar-refractivity contribution in [3.05, 3.63) is 59.0 Å². The Hall–Kier alpha value is -3.17. The van der Waals surface area contributed by atoms with Gasteiger partial charge < -0.3 is 15.2 Å². The second-order valence-electron chi connectivity index (χ2n) is 7.47. The van der Waals surface area contributed by atoms with Crippen LogP contribution in [0.1, 0.15) is 31.3 Å². The van der Waals surface area contributed by atoms with Crippen LogP contribution in [-0.2, 0) is 4.74 Å². The summed E-state index contributed by atoms with van der Waals surface area (Å²) in [4.78, 5) is 22.5. The topological polar surface area (TPSA) is 105 Å². The number of nitrogens with zero attached hydrogens (tertiary/aromatic N) is 5. The number of hydrogen-bond donors (Lipinski definition) is 2. The van der Waals surface area contributed by atoms with E-state index in [1.54, 1.807) is 17.7 Å². The molecule has 3 heterocycles. The number of cyclic esters (lactones) is 1. The molecule has 10 heteroatoms. The lowest BCUT2D eigenvalue weighted by Crippen LogP contribution is -2.41. The number of rotatable bonds is 6. The lowest BCUT2D eigenvalue weighted by Gasteiger charge is -2.23. The van der Waals surface area contributed by atoms with Crippen LogP contribution >= 0.6 is 11.6 Å². The number of aliphatic hydroxyl groups excluding tert-OH is 1. The molecule has 0 radical (unpaired) electrons. The molecule has 1 saturated heterocycles. The average molecular weight is 443 g/mol. The van der Waals surface area contributed by atoms with Crippen molar-refractivity contribution in [1.82, 2.24) is 19.7 Å². The highest BCUT2D eigenvalue weighted by Gasteiger charge is 2.38. The standard InChI is InChI=1S/C21H23ClN6O3/c1-12-10-19(28-18(14(3)29)11-31-21(28)30)25-20(23-12)24-13(2)17-8-9-27(26-17)16-6-4-15(22)5-7-16/h4-10,13-14,18,29H,11H2,1-3H3,(H,23,24,25)/t13-,14+,18?/m0/s1. The molecule has 1 fully saturated rings. The van der Waals surface area contributed by atoms with Crippen molar-refractivity contribution in [2.75, 3.05) is 16.8 Å². The number of anilines is 2. The highest BCUT2D eigenvalue weighted by molar-refractivity contribution is 6.30. The van der Waals surface area contributed by atoms with Gasteiger partial charge in [-0.3, -0.25) is 4.90 Å². The molecule has 1 aromatic carbocycles. The fraction of sp³-hybridized carbons (Fsp3) is 0.333. The normalized spacial score (nSPS) is 18.0. The molecule has 0 bridgehead atoms. The molecule has 1 unspecified atom stereocenters. The number of aromatic nitrogens is 4. The minimum atomic E-state index is -0.756. The summed E-state index contributed by atoms with van der Waals surface area (Å²) in [6.45, 7) is 5.49. The number of aliphatic hydroxyl groups is 1. The summed E-state index contributed by atoms with van der Waals surface area (Å²) in [5, 5.41) is 18.5. The first-order valence-corrected chi connectivity index (χ1v) is 10.3. The summed E-state index contributed by atoms with van der Waals surface area (Å²) in [5.41, 5.74) is 2.37. The predicted molar refractivity (Wildman–Crippen MR) is 117 cm³/mol. The zero-order chi connectivity index (χ0) is 22.1. The molecule has 2 aromatic heterocycles. The van der Waals surface area contributed by atoms with Crippen LogP contribution < -0.4 is 10.2 Å². The van der Waals surface area contributed by atoms with E-state index in [-0.39, 0.29) is 12.6 Å². The van der Waals surface area contributed by atoms with Crippen molar-refractivity contribution in [2.45, 2.75) is 39.0 Å². The Bertz CT molecular complexity index is 1080. The predicted octanol–water partition coefficient (Wildman–Crippen LogP) is 3.50. The third kappa shape index (κ3) is 4.47. The van der Waals surface area contributed by atoms with Gasteiger partial charge in [-0.05, 0) is 51.1 Å². The van der Waals surface area contributed by atoms with Gasteiger partial charge in [0.2, 0.25) is 5.95 Å². The molecule has 1 aliphatic heterocycles. The molecule has 0 aliphatic carbocycles. The Morgan fingerprint density at radius 1 is 1.23 bits per heavy atom. The lowest BCUT2D eigenvalue weighted by molar-refractivity contribution is 0.142. The SMILES string of the molecule is Cc1cc(N2C(=O)OCC2[C@@H](C)O)nc(N[C@@H](C)c2ccn(-c3ccc(Cl)cc3)n2)n1. The number of hydrogen-bond acceptors (Lipinski definition) is 7. The van der Waals surface area contributed by atoms with Crippen LogP contribution in [0.3, 0.4) is 0 Å². The molecule has 3 aromatic rings. The number of benzene rings is 1. The van der Waals surface area contributed by atoms with Crippen molar-refractivity contribution in [2.24, 2.45) is 0 Å². The number of amides is 1. The third-order valence-electron chi connectivity index (χ3n) is 5.04. The molecule has 31 heavy (non-hydrogen) atoms. The third-order valence-corrected chi connectivity index (χ3v) is 5.29. The second kappa shape index (κ2) is 8.52. The minimum absolute atomic E-state index is 0.112. The number of nitrogens with one attached hydrogen (secondary N) is 1. The van der Waals surface area contributed by atoms with Gasteiger partial charge in [0.1, 0.15) is 18.5 Å². The first kappa shape index (κ1) is 21.1. The Kier molecular flexibility index (Phi) is 5.79. The first-order valence-electron chi connectivity index (χ1n) is 9.89. The van der Waals surface area contributed by atoms with Crippen molar-refractivity contribution in [3.8, 4) is 5.69 Å². The fourth-order valence-electron chi connectivity index (χ4n) is 3.37. The van der Waals surface area contributed by atoms with Crippen LogP contribution in [0.25, 0.3) is 5.69 Å². The van der Waals surface area contributed by atoms with Gasteiger partial charge in [-0.15, -0.1) is 0 Å². The van der Waals surface area contributed by atoms with E-state index in [1.165, 1.54) is 4.90 Å². The largest absolute Gasteiger partial charge is 0.447 e. The van der Waals surface area contributed by atoms with Gasteiger partial charge in [-0.2, -0.15) is 10.1 Å². The van der Waals surface area contributed by atoms with Crippen LogP contribution in [0.5, 0.6) is 0 Å². The van der Waals surface area contributed by atoms with Crippen LogP contribution in [0.2, 0.25) is 5.02 Å². The van der Waals surface area contributed by atoms with Crippen LogP contribution in [-0.4, -0.2) is 49.7 Å².